The van der Waals surface area contributed by atoms with Crippen LogP contribution >= 0.6 is 0 Å². The number of aliphatic hydroxyl groups is 1. The first-order chi connectivity index (χ1) is 10.3. The highest BCUT2D eigenvalue weighted by Gasteiger charge is 2.22. The Morgan fingerprint density at radius 3 is 2.76 bits per heavy atom. The Morgan fingerprint density at radius 2 is 1.95 bits per heavy atom. The normalized spacial score (nSPS) is 22.4. The monoisotopic (exact) mass is 285 g/mol. The van der Waals surface area contributed by atoms with E-state index in [1.165, 1.54) is 22.8 Å². The lowest BCUT2D eigenvalue weighted by molar-refractivity contribution is 0.0902. The predicted octanol–water partition coefficient (Wildman–Crippen LogP) is 3.24. The number of hydrogen-bond donors (Lipinski definition) is 2. The minimum absolute atomic E-state index is 0.197. The van der Waals surface area contributed by atoms with Crippen LogP contribution in [0.15, 0.2) is 36.4 Å². The summed E-state index contributed by atoms with van der Waals surface area (Å²) in [6.07, 6.45) is 4.07. The Bertz CT molecular complexity index is 611. The number of methoxy groups -OCH3 is 1. The van der Waals surface area contributed by atoms with Gasteiger partial charge in [0.05, 0.1) is 13.2 Å². The summed E-state index contributed by atoms with van der Waals surface area (Å²) in [4.78, 5) is 0. The van der Waals surface area contributed by atoms with Gasteiger partial charge in [0, 0.05) is 18.2 Å². The van der Waals surface area contributed by atoms with Crippen LogP contribution in [0.3, 0.4) is 0 Å². The van der Waals surface area contributed by atoms with Crippen molar-refractivity contribution in [1.82, 2.24) is 5.32 Å². The van der Waals surface area contributed by atoms with Gasteiger partial charge in [0.25, 0.3) is 0 Å². The van der Waals surface area contributed by atoms with E-state index in [1.807, 2.05) is 6.07 Å². The third-order valence-corrected chi connectivity index (χ3v) is 4.49. The van der Waals surface area contributed by atoms with Crippen molar-refractivity contribution in [2.24, 2.45) is 0 Å². The number of rotatable bonds is 4. The molecule has 2 atom stereocenters. The summed E-state index contributed by atoms with van der Waals surface area (Å²) in [6.45, 7) is 0.728. The zero-order chi connectivity index (χ0) is 14.7. The van der Waals surface area contributed by atoms with E-state index in [4.69, 9.17) is 4.74 Å². The minimum atomic E-state index is -0.222. The Balaban J connectivity index is 1.84. The summed E-state index contributed by atoms with van der Waals surface area (Å²) in [5, 5.41) is 16.1. The Kier molecular flexibility index (Phi) is 4.42. The van der Waals surface area contributed by atoms with Gasteiger partial charge in [-0.2, -0.15) is 0 Å². The predicted molar refractivity (Wildman–Crippen MR) is 85.6 cm³/mol. The molecule has 0 aromatic heterocycles. The van der Waals surface area contributed by atoms with E-state index in [0.29, 0.717) is 0 Å². The highest BCUT2D eigenvalue weighted by molar-refractivity contribution is 5.87. The van der Waals surface area contributed by atoms with Gasteiger partial charge in [0.15, 0.2) is 0 Å². The Hall–Kier alpha value is -1.58. The Labute approximate surface area is 125 Å². The number of hydrogen-bond acceptors (Lipinski definition) is 3. The van der Waals surface area contributed by atoms with Crippen molar-refractivity contribution in [1.29, 1.82) is 0 Å². The van der Waals surface area contributed by atoms with Gasteiger partial charge in [-0.1, -0.05) is 43.2 Å². The molecule has 1 aliphatic carbocycles. The molecule has 0 spiro atoms. The van der Waals surface area contributed by atoms with Gasteiger partial charge >= 0.3 is 0 Å². The van der Waals surface area contributed by atoms with Crippen molar-refractivity contribution >= 4 is 10.8 Å². The average Bonchev–Trinajstić information content (AvgIpc) is 2.53. The van der Waals surface area contributed by atoms with Gasteiger partial charge in [-0.05, 0) is 29.7 Å². The number of aliphatic hydroxyl groups excluding tert-OH is 1. The second kappa shape index (κ2) is 6.46. The summed E-state index contributed by atoms with van der Waals surface area (Å²) in [5.41, 5.74) is 1.17. The highest BCUT2D eigenvalue weighted by atomic mass is 16.5. The van der Waals surface area contributed by atoms with Crippen LogP contribution in [0.25, 0.3) is 10.8 Å². The zero-order valence-corrected chi connectivity index (χ0v) is 12.5. The molecule has 2 N–H and O–H groups in total. The lowest BCUT2D eigenvalue weighted by Gasteiger charge is -2.29. The number of fused-ring (bicyclic) bond motifs is 1. The van der Waals surface area contributed by atoms with Gasteiger partial charge in [-0.25, -0.2) is 0 Å². The van der Waals surface area contributed by atoms with Crippen LogP contribution < -0.4 is 10.1 Å². The maximum Gasteiger partial charge on any atom is 0.123 e. The molecule has 21 heavy (non-hydrogen) atoms. The van der Waals surface area contributed by atoms with Crippen molar-refractivity contribution < 1.29 is 9.84 Å². The van der Waals surface area contributed by atoms with Gasteiger partial charge in [-0.3, -0.25) is 0 Å². The molecule has 0 saturated heterocycles. The van der Waals surface area contributed by atoms with E-state index >= 15 is 0 Å². The molecule has 1 fully saturated rings. The van der Waals surface area contributed by atoms with Gasteiger partial charge < -0.3 is 15.2 Å². The molecular formula is C18H23NO2. The van der Waals surface area contributed by atoms with Crippen LogP contribution in [0, 0.1) is 0 Å². The molecule has 0 aliphatic heterocycles. The van der Waals surface area contributed by atoms with E-state index in [1.54, 1.807) is 7.11 Å². The molecule has 2 aromatic rings. The second-order valence-corrected chi connectivity index (χ2v) is 5.81. The number of ether oxygens (including phenoxy) is 1. The van der Waals surface area contributed by atoms with Crippen molar-refractivity contribution in [3.8, 4) is 5.75 Å². The summed E-state index contributed by atoms with van der Waals surface area (Å²) < 4.78 is 5.52. The molecule has 112 valence electrons. The van der Waals surface area contributed by atoms with E-state index in [2.05, 4.69) is 35.6 Å². The maximum atomic E-state index is 10.1. The molecule has 3 heteroatoms. The third-order valence-electron chi connectivity index (χ3n) is 4.49. The first-order valence-electron chi connectivity index (χ1n) is 7.75. The molecule has 1 aliphatic rings. The molecule has 0 radical (unpaired) electrons. The maximum absolute atomic E-state index is 10.1. The fourth-order valence-corrected chi connectivity index (χ4v) is 3.27. The largest absolute Gasteiger partial charge is 0.496 e. The van der Waals surface area contributed by atoms with Crippen LogP contribution in [-0.2, 0) is 6.54 Å². The summed E-state index contributed by atoms with van der Waals surface area (Å²) in [5.74, 6) is 0.909. The fraction of sp³-hybridized carbons (Fsp3) is 0.444. The molecule has 3 rings (SSSR count). The molecule has 1 saturated carbocycles. The molecule has 2 aromatic carbocycles. The summed E-state index contributed by atoms with van der Waals surface area (Å²) >= 11 is 0. The topological polar surface area (TPSA) is 41.5 Å². The SMILES string of the molecule is COc1ccc2ccccc2c1CNC1CCCCC1O. The van der Waals surface area contributed by atoms with Crippen LogP contribution in [-0.4, -0.2) is 24.4 Å². The van der Waals surface area contributed by atoms with Crippen molar-refractivity contribution in [3.63, 3.8) is 0 Å². The van der Waals surface area contributed by atoms with E-state index in [-0.39, 0.29) is 12.1 Å². The van der Waals surface area contributed by atoms with Crippen LogP contribution in [0.5, 0.6) is 5.75 Å². The number of benzene rings is 2. The smallest absolute Gasteiger partial charge is 0.123 e. The van der Waals surface area contributed by atoms with Crippen molar-refractivity contribution in [3.05, 3.63) is 42.0 Å². The molecule has 3 nitrogen and oxygen atoms in total. The van der Waals surface area contributed by atoms with Crippen LogP contribution in [0.1, 0.15) is 31.2 Å². The average molecular weight is 285 g/mol. The van der Waals surface area contributed by atoms with E-state index in [9.17, 15) is 5.11 Å². The molecule has 0 amide bonds. The van der Waals surface area contributed by atoms with Gasteiger partial charge in [-0.15, -0.1) is 0 Å². The summed E-state index contributed by atoms with van der Waals surface area (Å²) in [7, 11) is 1.71. The van der Waals surface area contributed by atoms with Crippen LogP contribution in [0.4, 0.5) is 0 Å². The molecule has 0 heterocycles. The summed E-state index contributed by atoms with van der Waals surface area (Å²) in [6, 6.07) is 12.7. The van der Waals surface area contributed by atoms with E-state index in [0.717, 1.165) is 31.6 Å². The van der Waals surface area contributed by atoms with Crippen molar-refractivity contribution in [2.75, 3.05) is 7.11 Å². The quantitative estimate of drug-likeness (QED) is 0.906. The highest BCUT2D eigenvalue weighted by Crippen LogP contribution is 2.28. The second-order valence-electron chi connectivity index (χ2n) is 5.81. The van der Waals surface area contributed by atoms with Gasteiger partial charge in [0.1, 0.15) is 5.75 Å². The van der Waals surface area contributed by atoms with E-state index < -0.39 is 0 Å². The first kappa shape index (κ1) is 14.4. The molecular weight excluding hydrogens is 262 g/mol. The minimum Gasteiger partial charge on any atom is -0.496 e. The standard InChI is InChI=1S/C18H23NO2/c1-21-18-11-10-13-6-2-3-7-14(13)15(18)12-19-16-8-4-5-9-17(16)20/h2-3,6-7,10-11,16-17,19-20H,4-5,8-9,12H2,1H3. The van der Waals surface area contributed by atoms with Crippen molar-refractivity contribution in [2.45, 2.75) is 44.4 Å². The van der Waals surface area contributed by atoms with Crippen LogP contribution in [0.2, 0.25) is 0 Å². The first-order valence-corrected chi connectivity index (χ1v) is 7.75. The lowest BCUT2D eigenvalue weighted by atomic mass is 9.92. The van der Waals surface area contributed by atoms with Gasteiger partial charge in [0.2, 0.25) is 0 Å². The zero-order valence-electron chi connectivity index (χ0n) is 12.5. The third kappa shape index (κ3) is 3.04. The molecule has 0 bridgehead atoms. The lowest BCUT2D eigenvalue weighted by Crippen LogP contribution is -2.41. The Morgan fingerprint density at radius 1 is 1.14 bits per heavy atom. The molecule has 2 unspecified atom stereocenters. The number of nitrogens with one attached hydrogen (secondary N) is 1. The fourth-order valence-electron chi connectivity index (χ4n) is 3.27.